The fraction of sp³-hybridized carbons (Fsp3) is 0.667. The Morgan fingerprint density at radius 3 is 2.52 bits per heavy atom. The van der Waals surface area contributed by atoms with E-state index in [0.29, 0.717) is 32.6 Å². The smallest absolute Gasteiger partial charge is 0.244 e. The molecular weight excluding hydrogens is 412 g/mol. The molecule has 6 nitrogen and oxygen atoms in total. The van der Waals surface area contributed by atoms with Crippen LogP contribution in [0.5, 0.6) is 0 Å². The van der Waals surface area contributed by atoms with Crippen LogP contribution in [0.4, 0.5) is 0 Å². The van der Waals surface area contributed by atoms with Crippen molar-refractivity contribution in [2.75, 3.05) is 26.3 Å². The van der Waals surface area contributed by atoms with E-state index in [2.05, 4.69) is 5.32 Å². The lowest BCUT2D eigenvalue weighted by molar-refractivity contribution is -0.130. The quantitative estimate of drug-likeness (QED) is 0.780. The van der Waals surface area contributed by atoms with Crippen molar-refractivity contribution < 1.29 is 17.9 Å². The summed E-state index contributed by atoms with van der Waals surface area (Å²) in [6.07, 6.45) is 6.92. The number of benzene rings is 1. The number of amides is 1. The van der Waals surface area contributed by atoms with E-state index < -0.39 is 10.0 Å². The fourth-order valence-electron chi connectivity index (χ4n) is 5.09. The van der Waals surface area contributed by atoms with Gasteiger partial charge in [-0.3, -0.25) is 4.79 Å². The zero-order chi connectivity index (χ0) is 20.5. The van der Waals surface area contributed by atoms with Gasteiger partial charge in [-0.15, -0.1) is 0 Å². The molecule has 29 heavy (non-hydrogen) atoms. The summed E-state index contributed by atoms with van der Waals surface area (Å²) in [4.78, 5) is 13.4. The van der Waals surface area contributed by atoms with Crippen LogP contribution < -0.4 is 5.32 Å². The highest BCUT2D eigenvalue weighted by molar-refractivity contribution is 7.89. The third-order valence-corrected chi connectivity index (χ3v) is 9.14. The van der Waals surface area contributed by atoms with E-state index in [9.17, 15) is 13.2 Å². The number of halogens is 1. The molecule has 2 aliphatic heterocycles. The fourth-order valence-corrected chi connectivity index (χ4v) is 7.14. The maximum atomic E-state index is 13.3. The van der Waals surface area contributed by atoms with Crippen LogP contribution in [-0.4, -0.2) is 51.0 Å². The molecule has 1 aliphatic carbocycles. The average molecular weight is 441 g/mol. The third-order valence-electron chi connectivity index (χ3n) is 6.83. The molecule has 160 valence electrons. The van der Waals surface area contributed by atoms with Crippen LogP contribution in [0.2, 0.25) is 5.02 Å². The molecule has 2 saturated heterocycles. The molecule has 1 amide bonds. The maximum Gasteiger partial charge on any atom is 0.244 e. The lowest BCUT2D eigenvalue weighted by atomic mass is 9.71. The summed E-state index contributed by atoms with van der Waals surface area (Å²) in [7, 11) is -3.76. The van der Waals surface area contributed by atoms with Crippen molar-refractivity contribution in [3.63, 3.8) is 0 Å². The second kappa shape index (κ2) is 8.53. The molecular formula is C21H29ClN2O4S. The van der Waals surface area contributed by atoms with E-state index in [1.807, 2.05) is 0 Å². The van der Waals surface area contributed by atoms with Gasteiger partial charge in [0.05, 0.1) is 10.9 Å². The topological polar surface area (TPSA) is 75.7 Å². The zero-order valence-electron chi connectivity index (χ0n) is 16.6. The van der Waals surface area contributed by atoms with E-state index in [-0.39, 0.29) is 39.7 Å². The molecule has 4 rings (SSSR count). The Labute approximate surface area is 178 Å². The van der Waals surface area contributed by atoms with E-state index in [1.54, 1.807) is 18.2 Å². The molecule has 8 heteroatoms. The van der Waals surface area contributed by atoms with Crippen molar-refractivity contribution in [3.8, 4) is 0 Å². The molecule has 1 N–H and O–H groups in total. The van der Waals surface area contributed by atoms with Crippen molar-refractivity contribution in [2.24, 2.45) is 11.3 Å². The Kier molecular flexibility index (Phi) is 6.21. The molecule has 1 aromatic carbocycles. The lowest BCUT2D eigenvalue weighted by Gasteiger charge is -2.38. The normalized spacial score (nSPS) is 25.9. The number of hydrogen-bond donors (Lipinski definition) is 1. The molecule has 1 aromatic rings. The van der Waals surface area contributed by atoms with Crippen molar-refractivity contribution in [1.29, 1.82) is 0 Å². The average Bonchev–Trinajstić information content (AvgIpc) is 3.09. The Bertz CT molecular complexity index is 848. The van der Waals surface area contributed by atoms with Gasteiger partial charge in [0, 0.05) is 37.8 Å². The first-order chi connectivity index (χ1) is 13.9. The largest absolute Gasteiger partial charge is 0.381 e. The Hall–Kier alpha value is -1.15. The van der Waals surface area contributed by atoms with Gasteiger partial charge in [-0.2, -0.15) is 4.31 Å². The summed E-state index contributed by atoms with van der Waals surface area (Å²) in [6.45, 7) is 1.67. The van der Waals surface area contributed by atoms with Crippen molar-refractivity contribution in [1.82, 2.24) is 9.62 Å². The van der Waals surface area contributed by atoms with Gasteiger partial charge in [-0.25, -0.2) is 8.42 Å². The van der Waals surface area contributed by atoms with Crippen LogP contribution in [0.1, 0.15) is 44.9 Å². The van der Waals surface area contributed by atoms with Crippen LogP contribution in [0.15, 0.2) is 29.2 Å². The minimum Gasteiger partial charge on any atom is -0.381 e. The first kappa shape index (κ1) is 21.1. The SMILES string of the molecule is O=C(NC1CCCCC1)[C@H]1CN(S(=O)(=O)c2ccccc2Cl)CC12CCOCC2. The highest BCUT2D eigenvalue weighted by Crippen LogP contribution is 2.46. The molecule has 0 unspecified atom stereocenters. The minimum atomic E-state index is -3.76. The lowest BCUT2D eigenvalue weighted by Crippen LogP contribution is -2.47. The van der Waals surface area contributed by atoms with Crippen LogP contribution >= 0.6 is 11.6 Å². The Morgan fingerprint density at radius 1 is 1.14 bits per heavy atom. The van der Waals surface area contributed by atoms with Crippen molar-refractivity contribution >= 4 is 27.5 Å². The molecule has 1 atom stereocenters. The number of nitrogens with one attached hydrogen (secondary N) is 1. The molecule has 0 aromatic heterocycles. The predicted octanol–water partition coefficient (Wildman–Crippen LogP) is 3.21. The molecule has 0 bridgehead atoms. The predicted molar refractivity (Wildman–Crippen MR) is 111 cm³/mol. The van der Waals surface area contributed by atoms with Gasteiger partial charge >= 0.3 is 0 Å². The Morgan fingerprint density at radius 2 is 1.83 bits per heavy atom. The van der Waals surface area contributed by atoms with Gasteiger partial charge in [-0.05, 0) is 37.8 Å². The first-order valence-electron chi connectivity index (χ1n) is 10.6. The zero-order valence-corrected chi connectivity index (χ0v) is 18.2. The number of rotatable bonds is 4. The monoisotopic (exact) mass is 440 g/mol. The highest BCUT2D eigenvalue weighted by atomic mass is 35.5. The van der Waals surface area contributed by atoms with E-state index in [1.165, 1.54) is 16.8 Å². The summed E-state index contributed by atoms with van der Waals surface area (Å²) in [6, 6.07) is 6.71. The number of hydrogen-bond acceptors (Lipinski definition) is 4. The standard InChI is InChI=1S/C21H29ClN2O4S/c22-18-8-4-5-9-19(18)29(26,27)24-14-17(21(15-24)10-12-28-13-11-21)20(25)23-16-6-2-1-3-7-16/h4-5,8-9,16-17H,1-3,6-7,10-15H2,(H,23,25)/t17-/m1/s1. The molecule has 1 spiro atoms. The maximum absolute atomic E-state index is 13.3. The number of sulfonamides is 1. The number of carbonyl (C=O) groups excluding carboxylic acids is 1. The molecule has 3 aliphatic rings. The third kappa shape index (κ3) is 4.20. The van der Waals surface area contributed by atoms with Crippen LogP contribution in [0.3, 0.4) is 0 Å². The number of ether oxygens (including phenoxy) is 1. The second-order valence-electron chi connectivity index (χ2n) is 8.60. The summed E-state index contributed by atoms with van der Waals surface area (Å²) in [5.41, 5.74) is -0.370. The number of nitrogens with zero attached hydrogens (tertiary/aromatic N) is 1. The van der Waals surface area contributed by atoms with Crippen LogP contribution in [0, 0.1) is 11.3 Å². The first-order valence-corrected chi connectivity index (χ1v) is 12.4. The van der Waals surface area contributed by atoms with Crippen molar-refractivity contribution in [2.45, 2.75) is 55.9 Å². The van der Waals surface area contributed by atoms with Gasteiger partial charge in [0.1, 0.15) is 4.90 Å². The molecule has 3 fully saturated rings. The second-order valence-corrected chi connectivity index (χ2v) is 10.9. The van der Waals surface area contributed by atoms with E-state index in [4.69, 9.17) is 16.3 Å². The summed E-state index contributed by atoms with van der Waals surface area (Å²) in [5, 5.41) is 3.44. The molecule has 0 radical (unpaired) electrons. The highest BCUT2D eigenvalue weighted by Gasteiger charge is 2.53. The summed E-state index contributed by atoms with van der Waals surface area (Å²) in [5.74, 6) is -0.360. The van der Waals surface area contributed by atoms with Gasteiger partial charge in [0.15, 0.2) is 0 Å². The van der Waals surface area contributed by atoms with Crippen LogP contribution in [0.25, 0.3) is 0 Å². The minimum absolute atomic E-state index is 0.00402. The van der Waals surface area contributed by atoms with E-state index in [0.717, 1.165) is 25.7 Å². The Balaban J connectivity index is 1.59. The van der Waals surface area contributed by atoms with E-state index >= 15 is 0 Å². The van der Waals surface area contributed by atoms with Gasteiger partial charge in [-0.1, -0.05) is 43.0 Å². The molecule has 2 heterocycles. The van der Waals surface area contributed by atoms with Crippen molar-refractivity contribution in [3.05, 3.63) is 29.3 Å². The summed E-state index contributed by atoms with van der Waals surface area (Å²) >= 11 is 6.19. The number of carbonyl (C=O) groups is 1. The van der Waals surface area contributed by atoms with Gasteiger partial charge in [0.25, 0.3) is 0 Å². The molecule has 1 saturated carbocycles. The summed E-state index contributed by atoms with van der Waals surface area (Å²) < 4.78 is 33.6. The van der Waals surface area contributed by atoms with Gasteiger partial charge < -0.3 is 10.1 Å². The van der Waals surface area contributed by atoms with Crippen LogP contribution in [-0.2, 0) is 19.6 Å². The van der Waals surface area contributed by atoms with Gasteiger partial charge in [0.2, 0.25) is 15.9 Å².